The Morgan fingerprint density at radius 3 is 2.64 bits per heavy atom. The summed E-state index contributed by atoms with van der Waals surface area (Å²) in [6, 6.07) is 6.16. The second-order valence-corrected chi connectivity index (χ2v) is 8.70. The zero-order valence-corrected chi connectivity index (χ0v) is 17.2. The highest BCUT2D eigenvalue weighted by molar-refractivity contribution is 5.95. The van der Waals surface area contributed by atoms with Crippen LogP contribution in [0.2, 0.25) is 0 Å². The number of hydrogen-bond donors (Lipinski definition) is 0. The van der Waals surface area contributed by atoms with E-state index in [9.17, 15) is 9.59 Å². The number of carbonyl (C=O) groups is 2. The van der Waals surface area contributed by atoms with Crippen LogP contribution in [0.3, 0.4) is 0 Å². The summed E-state index contributed by atoms with van der Waals surface area (Å²) >= 11 is 0. The topological polar surface area (TPSA) is 49.9 Å². The van der Waals surface area contributed by atoms with Gasteiger partial charge in [0, 0.05) is 31.6 Å². The molecule has 0 aromatic heterocycles. The van der Waals surface area contributed by atoms with E-state index in [2.05, 4.69) is 24.0 Å². The van der Waals surface area contributed by atoms with Crippen LogP contribution in [0.1, 0.15) is 66.9 Å². The van der Waals surface area contributed by atoms with E-state index in [1.54, 1.807) is 0 Å². The van der Waals surface area contributed by atoms with Gasteiger partial charge in [-0.3, -0.25) is 4.79 Å². The average molecular weight is 385 g/mol. The molecule has 0 N–H and O–H groups in total. The number of benzene rings is 1. The average Bonchev–Trinajstić information content (AvgIpc) is 3.33. The van der Waals surface area contributed by atoms with Crippen molar-refractivity contribution in [2.24, 2.45) is 5.92 Å². The second kappa shape index (κ2) is 7.86. The van der Waals surface area contributed by atoms with Crippen molar-refractivity contribution in [3.05, 3.63) is 34.9 Å². The van der Waals surface area contributed by atoms with E-state index in [-0.39, 0.29) is 17.8 Å². The van der Waals surface area contributed by atoms with E-state index in [1.165, 1.54) is 25.9 Å². The number of fused-ring (bicyclic) bond motifs is 2. The summed E-state index contributed by atoms with van der Waals surface area (Å²) in [5, 5.41) is 0. The van der Waals surface area contributed by atoms with Crippen LogP contribution in [-0.2, 0) is 21.6 Å². The maximum Gasteiger partial charge on any atom is 0.339 e. The molecule has 0 bridgehead atoms. The van der Waals surface area contributed by atoms with Crippen LogP contribution in [0.4, 0.5) is 0 Å². The van der Waals surface area contributed by atoms with E-state index in [0.29, 0.717) is 0 Å². The van der Waals surface area contributed by atoms with E-state index < -0.39 is 5.60 Å². The minimum atomic E-state index is -0.510. The number of likely N-dealkylation sites (tertiary alicyclic amines) is 1. The molecule has 28 heavy (non-hydrogen) atoms. The van der Waals surface area contributed by atoms with Crippen LogP contribution in [0.25, 0.3) is 0 Å². The predicted octanol–water partition coefficient (Wildman–Crippen LogP) is 3.36. The Labute approximate surface area is 168 Å². The molecular weight excluding hydrogens is 352 g/mol. The molecule has 152 valence electrons. The van der Waals surface area contributed by atoms with Crippen molar-refractivity contribution in [2.75, 3.05) is 33.2 Å². The molecule has 2 fully saturated rings. The lowest BCUT2D eigenvalue weighted by Crippen LogP contribution is -2.41. The van der Waals surface area contributed by atoms with E-state index >= 15 is 0 Å². The Morgan fingerprint density at radius 2 is 1.96 bits per heavy atom. The van der Waals surface area contributed by atoms with E-state index in [4.69, 9.17) is 4.74 Å². The molecular formula is C23H32N2O3. The van der Waals surface area contributed by atoms with Gasteiger partial charge in [0.2, 0.25) is 5.91 Å². The summed E-state index contributed by atoms with van der Waals surface area (Å²) in [5.41, 5.74) is 2.41. The zero-order chi connectivity index (χ0) is 19.7. The largest absolute Gasteiger partial charge is 0.451 e. The Hall–Kier alpha value is -1.88. The summed E-state index contributed by atoms with van der Waals surface area (Å²) in [6.07, 6.45) is 6.53. The van der Waals surface area contributed by atoms with Crippen LogP contribution in [0.5, 0.6) is 0 Å². The van der Waals surface area contributed by atoms with Crippen LogP contribution in [0.15, 0.2) is 18.2 Å². The first-order valence-corrected chi connectivity index (χ1v) is 10.9. The van der Waals surface area contributed by atoms with Crippen molar-refractivity contribution in [3.63, 3.8) is 0 Å². The minimum Gasteiger partial charge on any atom is -0.451 e. The third-order valence-electron chi connectivity index (χ3n) is 6.96. The van der Waals surface area contributed by atoms with Crippen molar-refractivity contribution in [1.29, 1.82) is 0 Å². The molecule has 1 saturated carbocycles. The third kappa shape index (κ3) is 3.57. The fourth-order valence-corrected chi connectivity index (χ4v) is 5.09. The lowest BCUT2D eigenvalue weighted by Gasteiger charge is -2.37. The SMILES string of the molecule is CCc1ccc2c(c1)C(=O)O[C@]21CC[C@H](C(=O)N(C)CCN2CCCC2)CC1. The molecule has 1 saturated heterocycles. The van der Waals surface area contributed by atoms with Crippen LogP contribution < -0.4 is 0 Å². The molecule has 0 unspecified atom stereocenters. The molecule has 5 heteroatoms. The smallest absolute Gasteiger partial charge is 0.339 e. The van der Waals surface area contributed by atoms with Gasteiger partial charge in [0.15, 0.2) is 0 Å². The van der Waals surface area contributed by atoms with Gasteiger partial charge in [0.25, 0.3) is 0 Å². The molecule has 0 atom stereocenters. The number of ether oxygens (including phenoxy) is 1. The van der Waals surface area contributed by atoms with Crippen LogP contribution in [0, 0.1) is 5.92 Å². The van der Waals surface area contributed by atoms with Gasteiger partial charge >= 0.3 is 5.97 Å². The molecule has 2 aliphatic heterocycles. The van der Waals surface area contributed by atoms with Crippen molar-refractivity contribution in [3.8, 4) is 0 Å². The van der Waals surface area contributed by atoms with E-state index in [0.717, 1.165) is 61.9 Å². The van der Waals surface area contributed by atoms with Crippen molar-refractivity contribution in [1.82, 2.24) is 9.80 Å². The minimum absolute atomic E-state index is 0.0480. The molecule has 4 rings (SSSR count). The van der Waals surface area contributed by atoms with Gasteiger partial charge in [-0.1, -0.05) is 19.1 Å². The fraction of sp³-hybridized carbons (Fsp3) is 0.652. The highest BCUT2D eigenvalue weighted by Gasteiger charge is 2.48. The number of aryl methyl sites for hydroxylation is 1. The van der Waals surface area contributed by atoms with Crippen molar-refractivity contribution < 1.29 is 14.3 Å². The first-order chi connectivity index (χ1) is 13.5. The summed E-state index contributed by atoms with van der Waals surface area (Å²) in [5.74, 6) is 0.101. The van der Waals surface area contributed by atoms with Gasteiger partial charge in [0.1, 0.15) is 5.60 Å². The molecule has 2 heterocycles. The Balaban J connectivity index is 1.37. The number of esters is 1. The molecule has 1 amide bonds. The second-order valence-electron chi connectivity index (χ2n) is 8.70. The number of rotatable bonds is 5. The molecule has 1 aromatic rings. The standard InChI is InChI=1S/C23H32N2O3/c1-3-17-6-7-20-19(16-17)22(27)28-23(20)10-8-18(9-11-23)21(26)24(2)14-15-25-12-4-5-13-25/h6-7,16,18H,3-5,8-15H2,1-2H3/t18-,23-. The van der Waals surface area contributed by atoms with Gasteiger partial charge in [-0.2, -0.15) is 0 Å². The van der Waals surface area contributed by atoms with Crippen molar-refractivity contribution >= 4 is 11.9 Å². The maximum absolute atomic E-state index is 12.9. The highest BCUT2D eigenvalue weighted by Crippen LogP contribution is 2.48. The monoisotopic (exact) mass is 384 g/mol. The van der Waals surface area contributed by atoms with Crippen LogP contribution in [-0.4, -0.2) is 54.9 Å². The molecule has 1 spiro atoms. The number of carbonyl (C=O) groups excluding carboxylic acids is 2. The highest BCUT2D eigenvalue weighted by atomic mass is 16.6. The third-order valence-corrected chi connectivity index (χ3v) is 6.96. The van der Waals surface area contributed by atoms with E-state index in [1.807, 2.05) is 18.0 Å². The number of likely N-dealkylation sites (N-methyl/N-ethyl adjacent to an activating group) is 1. The van der Waals surface area contributed by atoms with Gasteiger partial charge in [0.05, 0.1) is 5.56 Å². The lowest BCUT2D eigenvalue weighted by molar-refractivity contribution is -0.137. The molecule has 1 aliphatic carbocycles. The Kier molecular flexibility index (Phi) is 5.46. The zero-order valence-electron chi connectivity index (χ0n) is 17.2. The van der Waals surface area contributed by atoms with Gasteiger partial charge in [-0.05, 0) is 69.7 Å². The quantitative estimate of drug-likeness (QED) is 0.731. The number of nitrogens with zero attached hydrogens (tertiary/aromatic N) is 2. The fourth-order valence-electron chi connectivity index (χ4n) is 5.09. The van der Waals surface area contributed by atoms with Crippen LogP contribution >= 0.6 is 0 Å². The molecule has 1 aromatic carbocycles. The lowest BCUT2D eigenvalue weighted by atomic mass is 9.74. The number of hydrogen-bond acceptors (Lipinski definition) is 4. The summed E-state index contributed by atoms with van der Waals surface area (Å²) in [7, 11) is 1.93. The number of amides is 1. The summed E-state index contributed by atoms with van der Waals surface area (Å²) in [4.78, 5) is 29.7. The summed E-state index contributed by atoms with van der Waals surface area (Å²) < 4.78 is 5.89. The Bertz CT molecular complexity index is 746. The molecule has 0 radical (unpaired) electrons. The first-order valence-electron chi connectivity index (χ1n) is 10.9. The summed E-state index contributed by atoms with van der Waals surface area (Å²) in [6.45, 7) is 6.20. The van der Waals surface area contributed by atoms with Gasteiger partial charge in [-0.25, -0.2) is 4.79 Å². The molecule has 5 nitrogen and oxygen atoms in total. The Morgan fingerprint density at radius 1 is 1.25 bits per heavy atom. The maximum atomic E-state index is 12.9. The normalized spacial score (nSPS) is 27.1. The van der Waals surface area contributed by atoms with Crippen molar-refractivity contribution in [2.45, 2.75) is 57.5 Å². The van der Waals surface area contributed by atoms with Gasteiger partial charge < -0.3 is 14.5 Å². The molecule has 3 aliphatic rings. The first kappa shape index (κ1) is 19.4. The van der Waals surface area contributed by atoms with Gasteiger partial charge in [-0.15, -0.1) is 0 Å². The predicted molar refractivity (Wildman–Crippen MR) is 108 cm³/mol.